The number of hydrogen-bond donors (Lipinski definition) is 2. The molecule has 0 saturated carbocycles. The molecule has 1 amide bonds. The summed E-state index contributed by atoms with van der Waals surface area (Å²) in [6.07, 6.45) is 0. The van der Waals surface area contributed by atoms with Gasteiger partial charge in [0.05, 0.1) is 10.5 Å². The van der Waals surface area contributed by atoms with Crippen molar-refractivity contribution in [3.05, 3.63) is 96.3 Å². The SMILES string of the molecule is Cc1cc(NS(=O)(=O)c2ccc(NC(=O)c3ccccc3Oc3ccccc3)cc2)no1. The molecule has 0 radical (unpaired) electrons. The van der Waals surface area contributed by atoms with Crippen LogP contribution < -0.4 is 14.8 Å². The van der Waals surface area contributed by atoms with Crippen molar-refractivity contribution < 1.29 is 22.5 Å². The van der Waals surface area contributed by atoms with E-state index in [1.807, 2.05) is 18.2 Å². The zero-order valence-electron chi connectivity index (χ0n) is 17.0. The van der Waals surface area contributed by atoms with Gasteiger partial charge in [-0.05, 0) is 55.5 Å². The number of para-hydroxylation sites is 2. The van der Waals surface area contributed by atoms with Crippen molar-refractivity contribution in [1.82, 2.24) is 5.16 Å². The van der Waals surface area contributed by atoms with Crippen molar-refractivity contribution in [2.24, 2.45) is 0 Å². The Kier molecular flexibility index (Phi) is 5.91. The van der Waals surface area contributed by atoms with E-state index in [2.05, 4.69) is 15.2 Å². The molecule has 32 heavy (non-hydrogen) atoms. The number of amides is 1. The maximum Gasteiger partial charge on any atom is 0.263 e. The highest BCUT2D eigenvalue weighted by molar-refractivity contribution is 7.92. The molecule has 9 heteroatoms. The van der Waals surface area contributed by atoms with E-state index in [4.69, 9.17) is 9.26 Å². The second-order valence-corrected chi connectivity index (χ2v) is 8.50. The number of hydrogen-bond acceptors (Lipinski definition) is 6. The molecular formula is C23H19N3O5S. The number of rotatable bonds is 7. The van der Waals surface area contributed by atoms with Crippen LogP contribution in [0.4, 0.5) is 11.5 Å². The molecule has 1 aromatic heterocycles. The highest BCUT2D eigenvalue weighted by Crippen LogP contribution is 2.26. The zero-order valence-corrected chi connectivity index (χ0v) is 17.8. The molecule has 8 nitrogen and oxygen atoms in total. The summed E-state index contributed by atoms with van der Waals surface area (Å²) >= 11 is 0. The number of carbonyl (C=O) groups excluding carboxylic acids is 1. The van der Waals surface area contributed by atoms with Gasteiger partial charge >= 0.3 is 0 Å². The number of nitrogens with one attached hydrogen (secondary N) is 2. The summed E-state index contributed by atoms with van der Waals surface area (Å²) in [4.78, 5) is 12.8. The average molecular weight is 449 g/mol. The third-order valence-corrected chi connectivity index (χ3v) is 5.76. The second-order valence-electron chi connectivity index (χ2n) is 6.82. The number of nitrogens with zero attached hydrogens (tertiary/aromatic N) is 1. The monoisotopic (exact) mass is 449 g/mol. The molecule has 0 bridgehead atoms. The standard InChI is InChI=1S/C23H19N3O5S/c1-16-15-22(25-31-16)26-32(28,29)19-13-11-17(12-14-19)24-23(27)20-9-5-6-10-21(20)30-18-7-3-2-4-8-18/h2-15H,1H3,(H,24,27)(H,25,26). The minimum atomic E-state index is -3.84. The van der Waals surface area contributed by atoms with Gasteiger partial charge in [-0.1, -0.05) is 35.5 Å². The fraction of sp³-hybridized carbons (Fsp3) is 0.0435. The molecule has 0 aliphatic carbocycles. The number of aromatic nitrogens is 1. The Morgan fingerprint density at radius 3 is 2.31 bits per heavy atom. The van der Waals surface area contributed by atoms with Crippen molar-refractivity contribution >= 4 is 27.4 Å². The number of benzene rings is 3. The van der Waals surface area contributed by atoms with Crippen molar-refractivity contribution in [3.8, 4) is 11.5 Å². The number of aryl methyl sites for hydroxylation is 1. The van der Waals surface area contributed by atoms with Crippen LogP contribution in [0.3, 0.4) is 0 Å². The Bertz CT molecular complexity index is 1330. The van der Waals surface area contributed by atoms with Gasteiger partial charge in [0.2, 0.25) is 0 Å². The molecule has 1 heterocycles. The summed E-state index contributed by atoms with van der Waals surface area (Å²) in [5.74, 6) is 1.20. The minimum absolute atomic E-state index is 0.0176. The largest absolute Gasteiger partial charge is 0.457 e. The molecule has 162 valence electrons. The fourth-order valence-electron chi connectivity index (χ4n) is 2.89. The Morgan fingerprint density at radius 1 is 0.938 bits per heavy atom. The third kappa shape index (κ3) is 4.96. The first-order valence-electron chi connectivity index (χ1n) is 9.60. The molecule has 0 atom stereocenters. The lowest BCUT2D eigenvalue weighted by molar-refractivity contribution is 0.102. The molecule has 0 saturated heterocycles. The molecule has 0 aliphatic heterocycles. The van der Waals surface area contributed by atoms with Crippen LogP contribution in [0.25, 0.3) is 0 Å². The van der Waals surface area contributed by atoms with Gasteiger partial charge < -0.3 is 14.6 Å². The zero-order chi connectivity index (χ0) is 22.6. The van der Waals surface area contributed by atoms with Crippen molar-refractivity contribution in [2.75, 3.05) is 10.0 Å². The van der Waals surface area contributed by atoms with Crippen LogP contribution in [-0.2, 0) is 10.0 Å². The maximum atomic E-state index is 12.8. The number of ether oxygens (including phenoxy) is 1. The average Bonchev–Trinajstić information content (AvgIpc) is 3.19. The summed E-state index contributed by atoms with van der Waals surface area (Å²) in [7, 11) is -3.84. The third-order valence-electron chi connectivity index (χ3n) is 4.39. The summed E-state index contributed by atoms with van der Waals surface area (Å²) < 4.78 is 38.0. The highest BCUT2D eigenvalue weighted by atomic mass is 32.2. The first kappa shape index (κ1) is 21.1. The Labute approximate surface area is 184 Å². The van der Waals surface area contributed by atoms with Crippen LogP contribution >= 0.6 is 0 Å². The predicted molar refractivity (Wildman–Crippen MR) is 119 cm³/mol. The van der Waals surface area contributed by atoms with E-state index in [0.29, 0.717) is 28.5 Å². The molecule has 0 unspecified atom stereocenters. The van der Waals surface area contributed by atoms with Gasteiger partial charge in [0.1, 0.15) is 17.3 Å². The lowest BCUT2D eigenvalue weighted by atomic mass is 10.2. The van der Waals surface area contributed by atoms with Crippen LogP contribution in [0.15, 0.2) is 94.3 Å². The lowest BCUT2D eigenvalue weighted by Gasteiger charge is -2.12. The number of anilines is 2. The highest BCUT2D eigenvalue weighted by Gasteiger charge is 2.17. The van der Waals surface area contributed by atoms with Gasteiger partial charge in [0.15, 0.2) is 5.82 Å². The molecule has 0 fully saturated rings. The van der Waals surface area contributed by atoms with Gasteiger partial charge in [-0.25, -0.2) is 8.42 Å². The number of sulfonamides is 1. The molecule has 4 aromatic rings. The Balaban J connectivity index is 1.48. The van der Waals surface area contributed by atoms with Gasteiger partial charge in [-0.2, -0.15) is 0 Å². The lowest BCUT2D eigenvalue weighted by Crippen LogP contribution is -2.14. The van der Waals surface area contributed by atoms with Crippen LogP contribution in [0.5, 0.6) is 11.5 Å². The smallest absolute Gasteiger partial charge is 0.263 e. The maximum absolute atomic E-state index is 12.8. The Morgan fingerprint density at radius 2 is 1.62 bits per heavy atom. The van der Waals surface area contributed by atoms with Crippen LogP contribution in [0, 0.1) is 6.92 Å². The molecule has 0 spiro atoms. The van der Waals surface area contributed by atoms with Gasteiger partial charge in [-0.15, -0.1) is 0 Å². The molecular weight excluding hydrogens is 430 g/mol. The summed E-state index contributed by atoms with van der Waals surface area (Å²) in [5, 5.41) is 6.38. The van der Waals surface area contributed by atoms with Crippen molar-refractivity contribution in [3.63, 3.8) is 0 Å². The molecule has 3 aromatic carbocycles. The quantitative estimate of drug-likeness (QED) is 0.418. The Hall–Kier alpha value is -4.11. The normalized spacial score (nSPS) is 11.0. The van der Waals surface area contributed by atoms with E-state index in [-0.39, 0.29) is 16.6 Å². The van der Waals surface area contributed by atoms with Crippen LogP contribution in [0.2, 0.25) is 0 Å². The minimum Gasteiger partial charge on any atom is -0.457 e. The van der Waals surface area contributed by atoms with Gasteiger partial charge in [0.25, 0.3) is 15.9 Å². The molecule has 2 N–H and O–H groups in total. The first-order chi connectivity index (χ1) is 15.4. The fourth-order valence-corrected chi connectivity index (χ4v) is 3.87. The van der Waals surface area contributed by atoms with Gasteiger partial charge in [-0.3, -0.25) is 9.52 Å². The van der Waals surface area contributed by atoms with Crippen molar-refractivity contribution in [2.45, 2.75) is 11.8 Å². The van der Waals surface area contributed by atoms with E-state index in [9.17, 15) is 13.2 Å². The second kappa shape index (κ2) is 8.94. The van der Waals surface area contributed by atoms with E-state index < -0.39 is 10.0 Å². The summed E-state index contributed by atoms with van der Waals surface area (Å²) in [6.45, 7) is 1.66. The molecule has 0 aliphatic rings. The summed E-state index contributed by atoms with van der Waals surface area (Å²) in [6, 6.07) is 23.3. The van der Waals surface area contributed by atoms with Crippen molar-refractivity contribution in [1.29, 1.82) is 0 Å². The van der Waals surface area contributed by atoms with E-state index >= 15 is 0 Å². The molecule has 4 rings (SSSR count). The van der Waals surface area contributed by atoms with Gasteiger partial charge in [0, 0.05) is 11.8 Å². The van der Waals surface area contributed by atoms with E-state index in [0.717, 1.165) is 0 Å². The van der Waals surface area contributed by atoms with Crippen LogP contribution in [0.1, 0.15) is 16.1 Å². The predicted octanol–water partition coefficient (Wildman–Crippen LogP) is 4.83. The topological polar surface area (TPSA) is 111 Å². The summed E-state index contributed by atoms with van der Waals surface area (Å²) in [5.41, 5.74) is 0.775. The first-order valence-corrected chi connectivity index (χ1v) is 11.1. The van der Waals surface area contributed by atoms with E-state index in [1.54, 1.807) is 43.3 Å². The number of carbonyl (C=O) groups is 1. The van der Waals surface area contributed by atoms with E-state index in [1.165, 1.54) is 30.3 Å². The van der Waals surface area contributed by atoms with Crippen LogP contribution in [-0.4, -0.2) is 19.5 Å².